The van der Waals surface area contributed by atoms with Crippen molar-refractivity contribution in [3.63, 3.8) is 0 Å². The van der Waals surface area contributed by atoms with E-state index in [1.54, 1.807) is 26.8 Å². The number of rotatable bonds is 4. The maximum absolute atomic E-state index is 11.4. The molecule has 6 N–H and O–H groups in total. The zero-order valence-corrected chi connectivity index (χ0v) is 9.99. The number of hydrogen-bond acceptors (Lipinski definition) is 4. The Morgan fingerprint density at radius 3 is 2.31 bits per heavy atom. The molecule has 6 heteroatoms. The van der Waals surface area contributed by atoms with Gasteiger partial charge in [0.2, 0.25) is 0 Å². The van der Waals surface area contributed by atoms with E-state index in [0.29, 0.717) is 13.0 Å². The predicted molar refractivity (Wildman–Crippen MR) is 63.4 cm³/mol. The summed E-state index contributed by atoms with van der Waals surface area (Å²) in [4.78, 5) is 15.1. The molecular weight excluding hydrogens is 208 g/mol. The minimum absolute atomic E-state index is 0.0178. The third-order valence-electron chi connectivity index (χ3n) is 1.42. The summed E-state index contributed by atoms with van der Waals surface area (Å²) >= 11 is 0. The van der Waals surface area contributed by atoms with Gasteiger partial charge in [-0.15, -0.1) is 0 Å². The Morgan fingerprint density at radius 2 is 1.88 bits per heavy atom. The van der Waals surface area contributed by atoms with Gasteiger partial charge in [0, 0.05) is 6.54 Å². The molecule has 0 fully saturated rings. The molecule has 16 heavy (non-hydrogen) atoms. The van der Waals surface area contributed by atoms with E-state index < -0.39 is 11.6 Å². The number of ether oxygens (including phenoxy) is 1. The summed E-state index contributed by atoms with van der Waals surface area (Å²) in [6.45, 7) is 5.72. The molecule has 6 nitrogen and oxygen atoms in total. The maximum Gasteiger partial charge on any atom is 0.354 e. The molecule has 0 aromatic rings. The number of nitrogens with zero attached hydrogens (tertiary/aromatic N) is 1. The average molecular weight is 228 g/mol. The SMILES string of the molecule is CC(C)(C)OC(=O)/C(N)=C/CCN=C(N)N. The average Bonchev–Trinajstić information content (AvgIpc) is 2.08. The first kappa shape index (κ1) is 14.3. The fourth-order valence-corrected chi connectivity index (χ4v) is 0.834. The van der Waals surface area contributed by atoms with Crippen LogP contribution < -0.4 is 17.2 Å². The molecule has 0 radical (unpaired) electrons. The van der Waals surface area contributed by atoms with Crippen molar-refractivity contribution in [1.82, 2.24) is 0 Å². The van der Waals surface area contributed by atoms with E-state index in [2.05, 4.69) is 4.99 Å². The lowest BCUT2D eigenvalue weighted by Gasteiger charge is -2.19. The van der Waals surface area contributed by atoms with Gasteiger partial charge in [-0.25, -0.2) is 4.79 Å². The largest absolute Gasteiger partial charge is 0.455 e. The van der Waals surface area contributed by atoms with E-state index in [1.165, 1.54) is 0 Å². The van der Waals surface area contributed by atoms with Gasteiger partial charge in [-0.2, -0.15) is 0 Å². The van der Waals surface area contributed by atoms with Gasteiger partial charge in [0.15, 0.2) is 5.96 Å². The number of nitrogens with two attached hydrogens (primary N) is 3. The molecule has 0 spiro atoms. The lowest BCUT2D eigenvalue weighted by Crippen LogP contribution is -2.27. The second-order valence-electron chi connectivity index (χ2n) is 4.26. The second-order valence-corrected chi connectivity index (χ2v) is 4.26. The normalized spacial score (nSPS) is 12.1. The number of esters is 1. The van der Waals surface area contributed by atoms with Crippen LogP contribution in [0.2, 0.25) is 0 Å². The molecule has 0 aliphatic heterocycles. The molecule has 0 heterocycles. The summed E-state index contributed by atoms with van der Waals surface area (Å²) in [5.41, 5.74) is 15.3. The van der Waals surface area contributed by atoms with Gasteiger partial charge >= 0.3 is 5.97 Å². The summed E-state index contributed by atoms with van der Waals surface area (Å²) in [6, 6.07) is 0. The summed E-state index contributed by atoms with van der Waals surface area (Å²) in [6.07, 6.45) is 2.03. The van der Waals surface area contributed by atoms with Gasteiger partial charge in [-0.1, -0.05) is 6.08 Å². The first-order chi connectivity index (χ1) is 7.22. The van der Waals surface area contributed by atoms with E-state index in [0.717, 1.165) is 0 Å². The Bertz CT molecular complexity index is 298. The van der Waals surface area contributed by atoms with Crippen LogP contribution in [-0.2, 0) is 9.53 Å². The number of carbonyl (C=O) groups excluding carboxylic acids is 1. The maximum atomic E-state index is 11.4. The highest BCUT2D eigenvalue weighted by molar-refractivity contribution is 5.87. The molecule has 0 aliphatic rings. The van der Waals surface area contributed by atoms with Crippen LogP contribution in [0.5, 0.6) is 0 Å². The van der Waals surface area contributed by atoms with Crippen molar-refractivity contribution >= 4 is 11.9 Å². The molecule has 0 saturated heterocycles. The summed E-state index contributed by atoms with van der Waals surface area (Å²) in [5.74, 6) is -0.513. The van der Waals surface area contributed by atoms with Crippen molar-refractivity contribution in [3.05, 3.63) is 11.8 Å². The Balaban J connectivity index is 4.13. The topological polar surface area (TPSA) is 117 Å². The highest BCUT2D eigenvalue weighted by Gasteiger charge is 2.17. The lowest BCUT2D eigenvalue weighted by molar-refractivity contribution is -0.149. The van der Waals surface area contributed by atoms with Crippen LogP contribution in [0.25, 0.3) is 0 Å². The van der Waals surface area contributed by atoms with Crippen LogP contribution in [0.4, 0.5) is 0 Å². The minimum Gasteiger partial charge on any atom is -0.455 e. The Hall–Kier alpha value is -1.72. The number of aliphatic imine (C=N–C) groups is 1. The monoisotopic (exact) mass is 228 g/mol. The molecule has 0 aliphatic carbocycles. The summed E-state index contributed by atoms with van der Waals surface area (Å²) < 4.78 is 5.06. The summed E-state index contributed by atoms with van der Waals surface area (Å²) in [5, 5.41) is 0. The number of guanidine groups is 1. The molecule has 0 bridgehead atoms. The molecule has 0 unspecified atom stereocenters. The minimum atomic E-state index is -0.546. The van der Waals surface area contributed by atoms with Crippen LogP contribution in [-0.4, -0.2) is 24.1 Å². The van der Waals surface area contributed by atoms with Crippen LogP contribution in [0.15, 0.2) is 16.8 Å². The quantitative estimate of drug-likeness (QED) is 0.203. The van der Waals surface area contributed by atoms with Crippen LogP contribution in [0.1, 0.15) is 27.2 Å². The van der Waals surface area contributed by atoms with Gasteiger partial charge in [-0.3, -0.25) is 4.99 Å². The smallest absolute Gasteiger partial charge is 0.354 e. The van der Waals surface area contributed by atoms with Crippen LogP contribution in [0, 0.1) is 0 Å². The van der Waals surface area contributed by atoms with Crippen LogP contribution >= 0.6 is 0 Å². The molecule has 0 aromatic carbocycles. The van der Waals surface area contributed by atoms with Crippen molar-refractivity contribution in [2.75, 3.05) is 6.54 Å². The van der Waals surface area contributed by atoms with Gasteiger partial charge in [0.1, 0.15) is 11.3 Å². The molecule has 0 atom stereocenters. The number of carbonyl (C=O) groups is 1. The fraction of sp³-hybridized carbons (Fsp3) is 0.600. The molecule has 0 aromatic heterocycles. The predicted octanol–water partition coefficient (Wildman–Crippen LogP) is -0.166. The van der Waals surface area contributed by atoms with E-state index in [9.17, 15) is 4.79 Å². The zero-order chi connectivity index (χ0) is 12.8. The van der Waals surface area contributed by atoms with Gasteiger partial charge in [-0.05, 0) is 27.2 Å². The van der Waals surface area contributed by atoms with E-state index in [1.807, 2.05) is 0 Å². The number of hydrogen-bond donors (Lipinski definition) is 3. The molecule has 0 saturated carbocycles. The highest BCUT2D eigenvalue weighted by atomic mass is 16.6. The Labute approximate surface area is 95.5 Å². The van der Waals surface area contributed by atoms with Gasteiger partial charge < -0.3 is 21.9 Å². The summed E-state index contributed by atoms with van der Waals surface area (Å²) in [7, 11) is 0. The van der Waals surface area contributed by atoms with Crippen LogP contribution in [0.3, 0.4) is 0 Å². The second kappa shape index (κ2) is 5.99. The highest BCUT2D eigenvalue weighted by Crippen LogP contribution is 2.08. The lowest BCUT2D eigenvalue weighted by atomic mass is 10.2. The van der Waals surface area contributed by atoms with Crippen molar-refractivity contribution in [2.24, 2.45) is 22.2 Å². The molecule has 0 amide bonds. The zero-order valence-electron chi connectivity index (χ0n) is 9.99. The van der Waals surface area contributed by atoms with Gasteiger partial charge in [0.05, 0.1) is 0 Å². The van der Waals surface area contributed by atoms with Crippen molar-refractivity contribution in [3.8, 4) is 0 Å². The van der Waals surface area contributed by atoms with E-state index >= 15 is 0 Å². The fourth-order valence-electron chi connectivity index (χ4n) is 0.834. The van der Waals surface area contributed by atoms with E-state index in [-0.39, 0.29) is 11.7 Å². The first-order valence-electron chi connectivity index (χ1n) is 4.97. The first-order valence-corrected chi connectivity index (χ1v) is 4.97. The Kier molecular flexibility index (Phi) is 5.35. The van der Waals surface area contributed by atoms with Gasteiger partial charge in [0.25, 0.3) is 0 Å². The van der Waals surface area contributed by atoms with E-state index in [4.69, 9.17) is 21.9 Å². The van der Waals surface area contributed by atoms with Crippen molar-refractivity contribution in [2.45, 2.75) is 32.8 Å². The van der Waals surface area contributed by atoms with Crippen molar-refractivity contribution < 1.29 is 9.53 Å². The van der Waals surface area contributed by atoms with Crippen molar-refractivity contribution in [1.29, 1.82) is 0 Å². The standard InChI is InChI=1S/C10H20N4O2/c1-10(2,3)16-8(15)7(11)5-4-6-14-9(12)13/h5H,4,6,11H2,1-3H3,(H4,12,13,14)/b7-5-. The Morgan fingerprint density at radius 1 is 1.31 bits per heavy atom. The third-order valence-corrected chi connectivity index (χ3v) is 1.42. The molecule has 92 valence electrons. The third kappa shape index (κ3) is 7.66. The molecular formula is C10H20N4O2. The molecule has 0 rings (SSSR count).